The molecule has 0 bridgehead atoms. The van der Waals surface area contributed by atoms with Crippen LogP contribution in [0.1, 0.15) is 48.9 Å². The van der Waals surface area contributed by atoms with Gasteiger partial charge in [-0.15, -0.1) is 11.6 Å². The average Bonchev–Trinajstić information content (AvgIpc) is 3.63. The normalized spacial score (nSPS) is 22.6. The van der Waals surface area contributed by atoms with Crippen LogP contribution in [-0.4, -0.2) is 105 Å². The zero-order chi connectivity index (χ0) is 39.7. The summed E-state index contributed by atoms with van der Waals surface area (Å²) < 4.78 is 19.5. The third-order valence-electron chi connectivity index (χ3n) is 10.5. The Kier molecular flexibility index (Phi) is 14.0. The highest BCUT2D eigenvalue weighted by Gasteiger charge is 2.52. The molecule has 1 aliphatic carbocycles. The van der Waals surface area contributed by atoms with E-state index in [4.69, 9.17) is 37.4 Å². The molecule has 2 aromatic carbocycles. The van der Waals surface area contributed by atoms with Gasteiger partial charge in [0.15, 0.2) is 0 Å². The number of carbonyl (C=O) groups is 1. The number of nitrogens with one attached hydrogen (secondary N) is 1. The van der Waals surface area contributed by atoms with Gasteiger partial charge in [-0.25, -0.2) is 0 Å². The Hall–Kier alpha value is -4.03. The number of aliphatic hydroxyl groups is 3. The fraction of sp³-hybridized carbons (Fsp3) is 0.439. The van der Waals surface area contributed by atoms with Gasteiger partial charge >= 0.3 is 5.97 Å². The van der Waals surface area contributed by atoms with Crippen molar-refractivity contribution in [1.29, 1.82) is 5.26 Å². The van der Waals surface area contributed by atoms with Crippen LogP contribution in [0.25, 0.3) is 5.57 Å². The van der Waals surface area contributed by atoms with Gasteiger partial charge in [-0.2, -0.15) is 5.26 Å². The summed E-state index contributed by atoms with van der Waals surface area (Å²) >= 11 is 14.4. The third kappa shape index (κ3) is 9.68. The highest BCUT2D eigenvalue weighted by atomic mass is 35.5. The molecular formula is C41H48Cl2N4O8. The fourth-order valence-electron chi connectivity index (χ4n) is 6.70. The largest absolute Gasteiger partial charge is 0.488 e. The molecule has 14 heteroatoms. The van der Waals surface area contributed by atoms with Crippen LogP contribution in [0.3, 0.4) is 0 Å². The number of nitriles is 1. The predicted octanol–water partition coefficient (Wildman–Crippen LogP) is 4.96. The number of likely N-dealkylation sites (tertiary alicyclic amines) is 1. The van der Waals surface area contributed by atoms with E-state index in [9.17, 15) is 30.5 Å². The number of pyridine rings is 1. The van der Waals surface area contributed by atoms with Crippen LogP contribution < -0.4 is 14.8 Å². The lowest BCUT2D eigenvalue weighted by atomic mass is 9.76. The number of ether oxygens (including phenoxy) is 3. The maximum atomic E-state index is 11.9. The van der Waals surface area contributed by atoms with Crippen LogP contribution in [0.5, 0.6) is 11.5 Å². The Morgan fingerprint density at radius 1 is 1.11 bits per heavy atom. The number of hydrogen-bond acceptors (Lipinski definition) is 11. The Balaban J connectivity index is 1.40. The van der Waals surface area contributed by atoms with Crippen molar-refractivity contribution in [2.75, 3.05) is 52.7 Å². The van der Waals surface area contributed by atoms with E-state index >= 15 is 0 Å². The molecule has 1 fully saturated rings. The van der Waals surface area contributed by atoms with Gasteiger partial charge in [-0.3, -0.25) is 9.78 Å². The van der Waals surface area contributed by atoms with Gasteiger partial charge in [0.05, 0.1) is 35.9 Å². The molecule has 1 saturated heterocycles. The van der Waals surface area contributed by atoms with Gasteiger partial charge in [0.2, 0.25) is 0 Å². The summed E-state index contributed by atoms with van der Waals surface area (Å²) in [6, 6.07) is 16.9. The minimum Gasteiger partial charge on any atom is -0.488 e. The van der Waals surface area contributed by atoms with Crippen molar-refractivity contribution in [3.63, 3.8) is 0 Å². The Morgan fingerprint density at radius 3 is 2.55 bits per heavy atom. The van der Waals surface area contributed by atoms with Gasteiger partial charge in [0, 0.05) is 55.8 Å². The summed E-state index contributed by atoms with van der Waals surface area (Å²) in [5.74, 6) is -0.293. The van der Waals surface area contributed by atoms with Crippen molar-refractivity contribution in [3.05, 3.63) is 106 Å². The number of carboxylic acid groups (broad SMARTS) is 1. The first kappa shape index (κ1) is 42.1. The predicted molar refractivity (Wildman–Crippen MR) is 209 cm³/mol. The number of nitrogens with zero attached hydrogens (tertiary/aromatic N) is 3. The Morgan fingerprint density at radius 2 is 1.87 bits per heavy atom. The maximum Gasteiger partial charge on any atom is 0.313 e. The highest BCUT2D eigenvalue weighted by molar-refractivity contribution is 6.32. The number of aliphatic hydroxyl groups excluding tert-OH is 3. The van der Waals surface area contributed by atoms with Crippen molar-refractivity contribution < 1.29 is 39.4 Å². The van der Waals surface area contributed by atoms with Gasteiger partial charge in [-0.05, 0) is 62.6 Å². The van der Waals surface area contributed by atoms with Crippen LogP contribution >= 0.6 is 23.2 Å². The van der Waals surface area contributed by atoms with Crippen LogP contribution in [0, 0.1) is 16.7 Å². The monoisotopic (exact) mass is 794 g/mol. The number of allylic oxidation sites excluding steroid dienone is 2. The first-order chi connectivity index (χ1) is 26.3. The first-order valence-electron chi connectivity index (χ1n) is 18.1. The SMILES string of the molecule is CC(CO)(CO)NCc1cc(Cl)c(OCC2(OCCCN3CCC(CO)(C(=O)O)C3)C=CC=C(c3ccccc3)C2(C)Cl)cc1OCc1cncc(C#N)c1. The van der Waals surface area contributed by atoms with Gasteiger partial charge < -0.3 is 44.9 Å². The number of rotatable bonds is 19. The molecule has 0 spiro atoms. The Labute approximate surface area is 331 Å². The topological polar surface area (TPSA) is 178 Å². The number of halogens is 2. The van der Waals surface area contributed by atoms with Crippen molar-refractivity contribution in [2.24, 2.45) is 5.41 Å². The molecule has 294 valence electrons. The van der Waals surface area contributed by atoms with E-state index < -0.39 is 34.0 Å². The number of aromatic nitrogens is 1. The van der Waals surface area contributed by atoms with Crippen LogP contribution in [0.4, 0.5) is 0 Å². The number of benzene rings is 2. The molecule has 0 saturated carbocycles. The molecule has 0 radical (unpaired) electrons. The smallest absolute Gasteiger partial charge is 0.313 e. The number of alkyl halides is 1. The molecular weight excluding hydrogens is 747 g/mol. The molecule has 5 N–H and O–H groups in total. The molecule has 12 nitrogen and oxygen atoms in total. The molecule has 2 aliphatic rings. The molecule has 1 aliphatic heterocycles. The van der Waals surface area contributed by atoms with E-state index in [2.05, 4.69) is 16.4 Å². The van der Waals surface area contributed by atoms with E-state index in [0.29, 0.717) is 54.1 Å². The lowest BCUT2D eigenvalue weighted by molar-refractivity contribution is -0.150. The lowest BCUT2D eigenvalue weighted by Gasteiger charge is -2.45. The van der Waals surface area contributed by atoms with E-state index in [0.717, 1.165) is 11.1 Å². The quantitative estimate of drug-likeness (QED) is 0.0816. The number of hydrogen-bond donors (Lipinski definition) is 5. The summed E-state index contributed by atoms with van der Waals surface area (Å²) in [5, 5.41) is 52.1. The minimum absolute atomic E-state index is 0.0536. The molecule has 3 atom stereocenters. The molecule has 5 rings (SSSR count). The summed E-state index contributed by atoms with van der Waals surface area (Å²) in [4.78, 5) is 16.9. The second kappa shape index (κ2) is 18.3. The molecule has 3 unspecified atom stereocenters. The van der Waals surface area contributed by atoms with Gasteiger partial charge in [-0.1, -0.05) is 54.1 Å². The van der Waals surface area contributed by atoms with E-state index in [-0.39, 0.29) is 51.1 Å². The summed E-state index contributed by atoms with van der Waals surface area (Å²) in [5.41, 5.74) is 0.108. The third-order valence-corrected chi connectivity index (χ3v) is 11.3. The molecule has 55 heavy (non-hydrogen) atoms. The van der Waals surface area contributed by atoms with Crippen molar-refractivity contribution in [3.8, 4) is 17.6 Å². The average molecular weight is 796 g/mol. The van der Waals surface area contributed by atoms with E-state index in [1.54, 1.807) is 31.3 Å². The molecule has 2 heterocycles. The van der Waals surface area contributed by atoms with Crippen molar-refractivity contribution in [1.82, 2.24) is 15.2 Å². The standard InChI is InChI=1S/C41H48Cl2N4O8/c1-38(25-48,26-49)46-22-32-17-34(42)36(18-35(32)53-23-30-16-29(19-44)20-45-21-30)54-28-41(11-6-10-33(39(41,2)43)31-8-4-3-5-9-31)55-15-7-13-47-14-12-40(24-47,27-50)37(51)52/h3-6,8-11,16-18,20-21,46,48-50H,7,12-15,22-28H2,1-2H3,(H,51,52). The summed E-state index contributed by atoms with van der Waals surface area (Å²) in [6.07, 6.45) is 9.74. The Bertz CT molecular complexity index is 1900. The zero-order valence-corrected chi connectivity index (χ0v) is 32.5. The fourth-order valence-corrected chi connectivity index (χ4v) is 7.29. The van der Waals surface area contributed by atoms with Crippen molar-refractivity contribution in [2.45, 2.75) is 55.9 Å². The lowest BCUT2D eigenvalue weighted by Crippen LogP contribution is -2.55. The van der Waals surface area contributed by atoms with E-state index in [1.165, 1.54) is 6.20 Å². The number of carboxylic acids is 1. The minimum atomic E-state index is -1.20. The van der Waals surface area contributed by atoms with Crippen LogP contribution in [0.15, 0.2) is 79.2 Å². The zero-order valence-electron chi connectivity index (χ0n) is 31.0. The van der Waals surface area contributed by atoms with Crippen LogP contribution in [-0.2, 0) is 22.7 Å². The molecule has 3 aromatic rings. The second-order valence-corrected chi connectivity index (χ2v) is 15.7. The molecule has 1 aromatic heterocycles. The molecule has 0 amide bonds. The van der Waals surface area contributed by atoms with Crippen LogP contribution in [0.2, 0.25) is 5.02 Å². The van der Waals surface area contributed by atoms with Gasteiger partial charge in [0.1, 0.15) is 46.7 Å². The van der Waals surface area contributed by atoms with Crippen molar-refractivity contribution >= 4 is 34.7 Å². The van der Waals surface area contributed by atoms with E-state index in [1.807, 2.05) is 60.4 Å². The first-order valence-corrected chi connectivity index (χ1v) is 18.8. The highest BCUT2D eigenvalue weighted by Crippen LogP contribution is 2.48. The maximum absolute atomic E-state index is 11.9. The number of aliphatic carboxylic acids is 1. The van der Waals surface area contributed by atoms with Gasteiger partial charge in [0.25, 0.3) is 0 Å². The second-order valence-electron chi connectivity index (χ2n) is 14.6. The summed E-state index contributed by atoms with van der Waals surface area (Å²) in [7, 11) is 0. The summed E-state index contributed by atoms with van der Waals surface area (Å²) in [6.45, 7) is 4.41.